The molecule has 0 unspecified atom stereocenters. The lowest BCUT2D eigenvalue weighted by Gasteiger charge is -2.09. The van der Waals surface area contributed by atoms with E-state index in [1.807, 2.05) is 4.72 Å². The van der Waals surface area contributed by atoms with Crippen molar-refractivity contribution in [1.82, 2.24) is 10.2 Å². The summed E-state index contributed by atoms with van der Waals surface area (Å²) in [5.74, 6) is -3.40. The Kier molecular flexibility index (Phi) is 3.89. The highest BCUT2D eigenvalue weighted by atomic mass is 32.2. The molecule has 0 saturated heterocycles. The van der Waals surface area contributed by atoms with E-state index in [4.69, 9.17) is 0 Å². The number of aromatic amines is 1. The fourth-order valence-corrected chi connectivity index (χ4v) is 2.45. The molecule has 0 bridgehead atoms. The van der Waals surface area contributed by atoms with Gasteiger partial charge in [-0.05, 0) is 12.1 Å². The van der Waals surface area contributed by atoms with Crippen molar-refractivity contribution in [3.05, 3.63) is 41.6 Å². The van der Waals surface area contributed by atoms with Crippen LogP contribution in [0.4, 0.5) is 14.5 Å². The molecular formula is C11H9F2N3O4S. The van der Waals surface area contributed by atoms with Gasteiger partial charge in [0.25, 0.3) is 10.0 Å². The number of sulfonamides is 1. The minimum Gasteiger partial charge on any atom is -0.465 e. The monoisotopic (exact) mass is 317 g/mol. The topological polar surface area (TPSA) is 101 Å². The number of benzene rings is 1. The molecule has 1 aromatic carbocycles. The second-order valence-corrected chi connectivity index (χ2v) is 5.48. The summed E-state index contributed by atoms with van der Waals surface area (Å²) in [7, 11) is -3.12. The summed E-state index contributed by atoms with van der Waals surface area (Å²) >= 11 is 0. The summed E-state index contributed by atoms with van der Waals surface area (Å²) in [6.45, 7) is 0. The average molecular weight is 317 g/mol. The fourth-order valence-electron chi connectivity index (χ4n) is 1.49. The number of rotatable bonds is 4. The minimum atomic E-state index is -4.14. The molecule has 2 N–H and O–H groups in total. The van der Waals surface area contributed by atoms with Gasteiger partial charge in [-0.3, -0.25) is 9.82 Å². The second-order valence-electron chi connectivity index (χ2n) is 3.83. The zero-order valence-electron chi connectivity index (χ0n) is 10.6. The standard InChI is InChI=1S/C11H9F2N3O4S/c1-20-11(17)6-4-9(8(13)5-7(6)12)16-21(18,19)10-2-3-14-15-10/h2-5,16H,1H3,(H,14,15). The van der Waals surface area contributed by atoms with E-state index >= 15 is 0 Å². The van der Waals surface area contributed by atoms with E-state index in [-0.39, 0.29) is 5.03 Å². The predicted octanol–water partition coefficient (Wildman–Crippen LogP) is 1.28. The van der Waals surface area contributed by atoms with Crippen LogP contribution in [0, 0.1) is 11.6 Å². The molecule has 1 aromatic heterocycles. The summed E-state index contributed by atoms with van der Waals surface area (Å²) in [5.41, 5.74) is -1.19. The smallest absolute Gasteiger partial charge is 0.340 e. The highest BCUT2D eigenvalue weighted by Crippen LogP contribution is 2.22. The summed E-state index contributed by atoms with van der Waals surface area (Å²) in [4.78, 5) is 11.3. The van der Waals surface area contributed by atoms with E-state index in [1.54, 1.807) is 0 Å². The van der Waals surface area contributed by atoms with Gasteiger partial charge in [-0.1, -0.05) is 0 Å². The first kappa shape index (κ1) is 14.9. The Morgan fingerprint density at radius 1 is 1.33 bits per heavy atom. The zero-order chi connectivity index (χ0) is 15.6. The maximum atomic E-state index is 13.6. The first-order valence-corrected chi connectivity index (χ1v) is 6.93. The first-order valence-electron chi connectivity index (χ1n) is 5.44. The molecule has 0 spiro atoms. The van der Waals surface area contributed by atoms with E-state index in [2.05, 4.69) is 14.9 Å². The zero-order valence-corrected chi connectivity index (χ0v) is 11.4. The van der Waals surface area contributed by atoms with Gasteiger partial charge in [-0.15, -0.1) is 0 Å². The minimum absolute atomic E-state index is 0.314. The molecule has 7 nitrogen and oxygen atoms in total. The molecule has 0 atom stereocenters. The number of H-pyrrole nitrogens is 1. The number of hydrogen-bond acceptors (Lipinski definition) is 5. The lowest BCUT2D eigenvalue weighted by molar-refractivity contribution is 0.0595. The number of hydrogen-bond donors (Lipinski definition) is 2. The molecule has 2 rings (SSSR count). The summed E-state index contributed by atoms with van der Waals surface area (Å²) in [6, 6.07) is 2.24. The van der Waals surface area contributed by atoms with Gasteiger partial charge in [-0.2, -0.15) is 13.5 Å². The second kappa shape index (κ2) is 5.48. The third-order valence-corrected chi connectivity index (χ3v) is 3.77. The Balaban J connectivity index is 2.43. The molecule has 2 aromatic rings. The van der Waals surface area contributed by atoms with E-state index < -0.39 is 38.9 Å². The summed E-state index contributed by atoms with van der Waals surface area (Å²) in [6.07, 6.45) is 1.19. The first-order chi connectivity index (χ1) is 9.85. The van der Waals surface area contributed by atoms with Crippen molar-refractivity contribution in [2.24, 2.45) is 0 Å². The van der Waals surface area contributed by atoms with Crippen molar-refractivity contribution >= 4 is 21.7 Å². The number of anilines is 1. The van der Waals surface area contributed by atoms with E-state index in [9.17, 15) is 22.0 Å². The van der Waals surface area contributed by atoms with Gasteiger partial charge in [-0.25, -0.2) is 13.6 Å². The molecule has 21 heavy (non-hydrogen) atoms. The number of carbonyl (C=O) groups is 1. The lowest BCUT2D eigenvalue weighted by atomic mass is 10.2. The fraction of sp³-hybridized carbons (Fsp3) is 0.0909. The van der Waals surface area contributed by atoms with Crippen LogP contribution in [0.5, 0.6) is 0 Å². The van der Waals surface area contributed by atoms with Crippen LogP contribution in [0.15, 0.2) is 29.4 Å². The SMILES string of the molecule is COC(=O)c1cc(NS(=O)(=O)c2ccn[nH]2)c(F)cc1F. The Hall–Kier alpha value is -2.49. The number of nitrogens with one attached hydrogen (secondary N) is 2. The third kappa shape index (κ3) is 2.99. The molecule has 1 heterocycles. The van der Waals surface area contributed by atoms with Crippen molar-refractivity contribution in [3.8, 4) is 0 Å². The van der Waals surface area contributed by atoms with Crippen molar-refractivity contribution in [3.63, 3.8) is 0 Å². The van der Waals surface area contributed by atoms with E-state index in [0.717, 1.165) is 13.2 Å². The van der Waals surface area contributed by atoms with Crippen LogP contribution in [0.3, 0.4) is 0 Å². The average Bonchev–Trinajstić information content (AvgIpc) is 2.95. The van der Waals surface area contributed by atoms with Crippen LogP contribution >= 0.6 is 0 Å². The molecule has 0 aliphatic carbocycles. The highest BCUT2D eigenvalue weighted by molar-refractivity contribution is 7.92. The van der Waals surface area contributed by atoms with Gasteiger partial charge in [0.15, 0.2) is 5.03 Å². The number of nitrogens with zero attached hydrogens (tertiary/aromatic N) is 1. The Labute approximate surface area is 118 Å². The Bertz CT molecular complexity index is 775. The third-order valence-electron chi connectivity index (χ3n) is 2.47. The van der Waals surface area contributed by atoms with Crippen molar-refractivity contribution < 1.29 is 26.7 Å². The lowest BCUT2D eigenvalue weighted by Crippen LogP contribution is -2.16. The van der Waals surface area contributed by atoms with Gasteiger partial charge in [0.2, 0.25) is 0 Å². The Morgan fingerprint density at radius 2 is 2.05 bits per heavy atom. The van der Waals surface area contributed by atoms with Gasteiger partial charge in [0.1, 0.15) is 11.6 Å². The maximum absolute atomic E-state index is 13.6. The quantitative estimate of drug-likeness (QED) is 0.827. The molecule has 0 fully saturated rings. The molecule has 112 valence electrons. The van der Waals surface area contributed by atoms with Crippen LogP contribution in [0.25, 0.3) is 0 Å². The number of ether oxygens (including phenoxy) is 1. The highest BCUT2D eigenvalue weighted by Gasteiger charge is 2.21. The maximum Gasteiger partial charge on any atom is 0.340 e. The number of halogens is 2. The summed E-state index contributed by atoms with van der Waals surface area (Å²) < 4.78 is 57.1. The molecule has 0 amide bonds. The van der Waals surface area contributed by atoms with E-state index in [1.165, 1.54) is 6.20 Å². The van der Waals surface area contributed by atoms with E-state index in [0.29, 0.717) is 12.1 Å². The number of aromatic nitrogens is 2. The molecule has 0 saturated carbocycles. The van der Waals surface area contributed by atoms with Gasteiger partial charge >= 0.3 is 5.97 Å². The van der Waals surface area contributed by atoms with Crippen LogP contribution < -0.4 is 4.72 Å². The molecule has 0 radical (unpaired) electrons. The van der Waals surface area contributed by atoms with Crippen LogP contribution in [-0.4, -0.2) is 31.7 Å². The largest absolute Gasteiger partial charge is 0.465 e. The number of esters is 1. The van der Waals surface area contributed by atoms with Crippen LogP contribution in [-0.2, 0) is 14.8 Å². The molecule has 0 aliphatic heterocycles. The predicted molar refractivity (Wildman–Crippen MR) is 67.1 cm³/mol. The van der Waals surface area contributed by atoms with Crippen molar-refractivity contribution in [1.29, 1.82) is 0 Å². The van der Waals surface area contributed by atoms with Crippen LogP contribution in [0.1, 0.15) is 10.4 Å². The normalized spacial score (nSPS) is 11.2. The molecule has 10 heteroatoms. The van der Waals surface area contributed by atoms with Gasteiger partial charge < -0.3 is 4.74 Å². The van der Waals surface area contributed by atoms with Gasteiger partial charge in [0, 0.05) is 6.07 Å². The number of methoxy groups -OCH3 is 1. The van der Waals surface area contributed by atoms with Crippen molar-refractivity contribution in [2.45, 2.75) is 5.03 Å². The summed E-state index contributed by atoms with van der Waals surface area (Å²) in [5, 5.41) is 5.33. The Morgan fingerprint density at radius 3 is 2.62 bits per heavy atom. The number of carbonyl (C=O) groups excluding carboxylic acids is 1. The molecular weight excluding hydrogens is 308 g/mol. The van der Waals surface area contributed by atoms with Crippen LogP contribution in [0.2, 0.25) is 0 Å². The molecule has 0 aliphatic rings. The van der Waals surface area contributed by atoms with Crippen molar-refractivity contribution in [2.75, 3.05) is 11.8 Å². The van der Waals surface area contributed by atoms with Gasteiger partial charge in [0.05, 0.1) is 24.6 Å².